The van der Waals surface area contributed by atoms with Gasteiger partial charge in [-0.05, 0) is 24.3 Å². The van der Waals surface area contributed by atoms with Gasteiger partial charge < -0.3 is 19.9 Å². The van der Waals surface area contributed by atoms with Crippen molar-refractivity contribution in [1.82, 2.24) is 9.88 Å². The van der Waals surface area contributed by atoms with Crippen LogP contribution in [0.5, 0.6) is 0 Å². The number of amides is 2. The summed E-state index contributed by atoms with van der Waals surface area (Å²) in [5.41, 5.74) is 3.04. The lowest BCUT2D eigenvalue weighted by Crippen LogP contribution is -2.29. The maximum Gasteiger partial charge on any atom is 0.257 e. The van der Waals surface area contributed by atoms with Crippen LogP contribution >= 0.6 is 23.4 Å². The molecule has 1 aromatic carbocycles. The number of anilines is 1. The van der Waals surface area contributed by atoms with Gasteiger partial charge in [0.2, 0.25) is 0 Å². The number of fused-ring (bicyclic) bond motifs is 2. The number of nitrogens with zero attached hydrogens (tertiary/aromatic N) is 1. The van der Waals surface area contributed by atoms with E-state index in [0.717, 1.165) is 10.5 Å². The van der Waals surface area contributed by atoms with Crippen LogP contribution < -0.4 is 5.32 Å². The molecule has 6 nitrogen and oxygen atoms in total. The van der Waals surface area contributed by atoms with Crippen LogP contribution in [-0.2, 0) is 9.53 Å². The van der Waals surface area contributed by atoms with E-state index in [-0.39, 0.29) is 18.5 Å². The van der Waals surface area contributed by atoms with E-state index in [2.05, 4.69) is 10.3 Å². The van der Waals surface area contributed by atoms with Crippen molar-refractivity contribution in [3.8, 4) is 0 Å². The van der Waals surface area contributed by atoms with Crippen LogP contribution in [-0.4, -0.2) is 47.8 Å². The van der Waals surface area contributed by atoms with Gasteiger partial charge in [0, 0.05) is 29.5 Å². The third-order valence-electron chi connectivity index (χ3n) is 4.27. The zero-order chi connectivity index (χ0) is 18.3. The summed E-state index contributed by atoms with van der Waals surface area (Å²) in [5.74, 6) is 0.310. The number of hydrogen-bond acceptors (Lipinski definition) is 4. The van der Waals surface area contributed by atoms with Crippen LogP contribution in [0, 0.1) is 0 Å². The third-order valence-corrected chi connectivity index (χ3v) is 5.71. The molecule has 0 spiro atoms. The van der Waals surface area contributed by atoms with Crippen molar-refractivity contribution in [2.45, 2.75) is 4.90 Å². The number of carbonyl (C=O) groups excluding carboxylic acids is 2. The van der Waals surface area contributed by atoms with E-state index in [0.29, 0.717) is 39.9 Å². The van der Waals surface area contributed by atoms with Gasteiger partial charge in [-0.15, -0.1) is 11.8 Å². The summed E-state index contributed by atoms with van der Waals surface area (Å²) in [6.45, 7) is 0.675. The van der Waals surface area contributed by atoms with Crippen molar-refractivity contribution in [3.05, 3.63) is 46.2 Å². The number of aromatic amines is 1. The Kier molecular flexibility index (Phi) is 4.52. The minimum atomic E-state index is -0.213. The Morgan fingerprint density at radius 3 is 2.96 bits per heavy atom. The number of aromatic nitrogens is 1. The highest BCUT2D eigenvalue weighted by molar-refractivity contribution is 7.99. The number of hydrogen-bond donors (Lipinski definition) is 2. The van der Waals surface area contributed by atoms with Gasteiger partial charge in [-0.1, -0.05) is 11.6 Å². The van der Waals surface area contributed by atoms with E-state index in [9.17, 15) is 9.59 Å². The first kappa shape index (κ1) is 17.2. The normalized spacial score (nSPS) is 19.5. The largest absolute Gasteiger partial charge is 0.361 e. The molecule has 0 saturated heterocycles. The zero-order valence-corrected chi connectivity index (χ0v) is 15.5. The summed E-state index contributed by atoms with van der Waals surface area (Å²) in [6, 6.07) is 5.38. The average Bonchev–Trinajstić information content (AvgIpc) is 3.18. The highest BCUT2D eigenvalue weighted by Crippen LogP contribution is 2.40. The first-order chi connectivity index (χ1) is 12.5. The highest BCUT2D eigenvalue weighted by atomic mass is 35.5. The predicted molar refractivity (Wildman–Crippen MR) is 102 cm³/mol. The monoisotopic (exact) mass is 389 g/mol. The summed E-state index contributed by atoms with van der Waals surface area (Å²) in [6.07, 6.45) is 3.39. The van der Waals surface area contributed by atoms with E-state index in [1.807, 2.05) is 6.07 Å². The van der Waals surface area contributed by atoms with E-state index in [1.54, 1.807) is 43.2 Å². The van der Waals surface area contributed by atoms with Crippen LogP contribution in [0.4, 0.5) is 5.69 Å². The summed E-state index contributed by atoms with van der Waals surface area (Å²) in [7, 11) is 1.69. The van der Waals surface area contributed by atoms with Crippen molar-refractivity contribution < 1.29 is 14.3 Å². The SMILES string of the molecule is CN1COCCSc2cc3c(cc2Cl)NC(=O)/C3=C\c2[nH]ccc2C1=O. The first-order valence-corrected chi connectivity index (χ1v) is 9.41. The van der Waals surface area contributed by atoms with Crippen LogP contribution in [0.25, 0.3) is 11.6 Å². The molecule has 26 heavy (non-hydrogen) atoms. The molecule has 0 radical (unpaired) electrons. The summed E-state index contributed by atoms with van der Waals surface area (Å²) < 4.78 is 5.59. The van der Waals surface area contributed by atoms with E-state index in [4.69, 9.17) is 16.3 Å². The Balaban J connectivity index is 1.86. The topological polar surface area (TPSA) is 74.4 Å². The van der Waals surface area contributed by atoms with Crippen LogP contribution in [0.1, 0.15) is 21.6 Å². The molecule has 0 aliphatic carbocycles. The third kappa shape index (κ3) is 3.02. The minimum absolute atomic E-state index is 0.168. The fourth-order valence-electron chi connectivity index (χ4n) is 2.95. The van der Waals surface area contributed by atoms with Crippen LogP contribution in [0.2, 0.25) is 5.02 Å². The Labute approximate surface area is 159 Å². The van der Waals surface area contributed by atoms with Gasteiger partial charge in [0.15, 0.2) is 0 Å². The van der Waals surface area contributed by atoms with Crippen molar-refractivity contribution in [1.29, 1.82) is 0 Å². The summed E-state index contributed by atoms with van der Waals surface area (Å²) >= 11 is 7.90. The van der Waals surface area contributed by atoms with Crippen LogP contribution in [0.3, 0.4) is 0 Å². The maximum atomic E-state index is 12.7. The van der Waals surface area contributed by atoms with E-state index >= 15 is 0 Å². The molecule has 4 rings (SSSR count). The van der Waals surface area contributed by atoms with Gasteiger partial charge in [0.25, 0.3) is 11.8 Å². The number of benzene rings is 1. The highest BCUT2D eigenvalue weighted by Gasteiger charge is 2.27. The molecule has 3 heterocycles. The molecule has 0 saturated carbocycles. The molecule has 0 fully saturated rings. The van der Waals surface area contributed by atoms with Gasteiger partial charge in [0.1, 0.15) is 6.73 Å². The fraction of sp³-hybridized carbons (Fsp3) is 0.222. The molecule has 134 valence electrons. The number of nitrogens with one attached hydrogen (secondary N) is 2. The molecule has 1 aromatic heterocycles. The second kappa shape index (κ2) is 6.83. The second-order valence-corrected chi connectivity index (χ2v) is 7.58. The Bertz CT molecular complexity index is 938. The molecule has 0 atom stereocenters. The lowest BCUT2D eigenvalue weighted by molar-refractivity contribution is -0.110. The number of rotatable bonds is 0. The summed E-state index contributed by atoms with van der Waals surface area (Å²) in [5, 5.41) is 3.43. The molecule has 2 bridgehead atoms. The average molecular weight is 390 g/mol. The first-order valence-electron chi connectivity index (χ1n) is 8.05. The molecule has 8 heteroatoms. The molecular weight excluding hydrogens is 374 g/mol. The van der Waals surface area contributed by atoms with Gasteiger partial charge in [-0.3, -0.25) is 9.59 Å². The predicted octanol–water partition coefficient (Wildman–Crippen LogP) is 3.31. The standard InChI is InChI=1S/C18H16ClN3O3S/c1-22-9-25-4-5-26-16-7-11-12(17(23)21-15(11)8-13(16)19)6-14-10(18(22)24)2-3-20-14/h2-3,6-8,20H,4-5,9H2,1H3,(H,21,23)/b12-6-. The maximum absolute atomic E-state index is 12.7. The fourth-order valence-corrected chi connectivity index (χ4v) is 4.10. The summed E-state index contributed by atoms with van der Waals surface area (Å²) in [4.78, 5) is 30.6. The van der Waals surface area contributed by atoms with Gasteiger partial charge in [-0.25, -0.2) is 0 Å². The number of H-pyrrole nitrogens is 1. The number of ether oxygens (including phenoxy) is 1. The van der Waals surface area contributed by atoms with Gasteiger partial charge in [0.05, 0.1) is 34.1 Å². The van der Waals surface area contributed by atoms with E-state index < -0.39 is 0 Å². The molecular formula is C18H16ClN3O3S. The minimum Gasteiger partial charge on any atom is -0.361 e. The molecule has 2 amide bonds. The second-order valence-electron chi connectivity index (χ2n) is 6.03. The van der Waals surface area contributed by atoms with Crippen molar-refractivity contribution in [2.75, 3.05) is 31.5 Å². The number of thioether (sulfide) groups is 1. The van der Waals surface area contributed by atoms with Gasteiger partial charge in [-0.2, -0.15) is 0 Å². The molecule has 2 aromatic rings. The molecule has 2 aliphatic heterocycles. The Morgan fingerprint density at radius 1 is 1.27 bits per heavy atom. The molecule has 2 N–H and O–H groups in total. The zero-order valence-electron chi connectivity index (χ0n) is 14.0. The quantitative estimate of drug-likeness (QED) is 0.724. The Hall–Kier alpha value is -2.22. The number of halogens is 1. The van der Waals surface area contributed by atoms with E-state index in [1.165, 1.54) is 4.90 Å². The smallest absolute Gasteiger partial charge is 0.257 e. The lowest BCUT2D eigenvalue weighted by atomic mass is 10.0. The molecule has 2 aliphatic rings. The van der Waals surface area contributed by atoms with Gasteiger partial charge >= 0.3 is 0 Å². The Morgan fingerprint density at radius 2 is 2.12 bits per heavy atom. The van der Waals surface area contributed by atoms with Crippen LogP contribution in [0.15, 0.2) is 29.3 Å². The molecule has 0 unspecified atom stereocenters. The van der Waals surface area contributed by atoms with Crippen molar-refractivity contribution in [3.63, 3.8) is 0 Å². The van der Waals surface area contributed by atoms with Crippen molar-refractivity contribution in [2.24, 2.45) is 0 Å². The van der Waals surface area contributed by atoms with Crippen molar-refractivity contribution >= 4 is 52.5 Å². The number of carbonyl (C=O) groups is 2. The lowest BCUT2D eigenvalue weighted by Gasteiger charge is -2.17.